The highest BCUT2D eigenvalue weighted by molar-refractivity contribution is 5.75. The largest absolute Gasteiger partial charge is 0.456 e. The molecule has 192 valence electrons. The van der Waals surface area contributed by atoms with Crippen LogP contribution >= 0.6 is 0 Å². The number of fused-ring (bicyclic) bond motifs is 2. The number of hydrogen-bond acceptors (Lipinski definition) is 7. The normalized spacial score (nSPS) is 29.7. The van der Waals surface area contributed by atoms with Gasteiger partial charge in [-0.05, 0) is 30.0 Å². The molecule has 0 spiro atoms. The Morgan fingerprint density at radius 3 is 2.59 bits per heavy atom. The number of esters is 1. The number of ether oxygens (including phenoxy) is 2. The Kier molecular flexibility index (Phi) is 10.7. The first-order valence-corrected chi connectivity index (χ1v) is 12.2. The van der Waals surface area contributed by atoms with Gasteiger partial charge in [0.2, 0.25) is 0 Å². The second-order valence-electron chi connectivity index (χ2n) is 10.1. The predicted molar refractivity (Wildman–Crippen MR) is 130 cm³/mol. The summed E-state index contributed by atoms with van der Waals surface area (Å²) in [6.45, 7) is 7.75. The van der Waals surface area contributed by atoms with Crippen molar-refractivity contribution in [2.75, 3.05) is 13.7 Å². The predicted octanol–water partition coefficient (Wildman–Crippen LogP) is 2.66. The van der Waals surface area contributed by atoms with E-state index in [2.05, 4.69) is 0 Å². The summed E-state index contributed by atoms with van der Waals surface area (Å²) in [5.74, 6) is -0.992. The van der Waals surface area contributed by atoms with Gasteiger partial charge in [0.1, 0.15) is 6.10 Å². The molecule has 0 radical (unpaired) electrons. The van der Waals surface area contributed by atoms with Gasteiger partial charge in [-0.2, -0.15) is 0 Å². The molecular weight excluding hydrogens is 436 g/mol. The van der Waals surface area contributed by atoms with Crippen LogP contribution in [-0.4, -0.2) is 70.6 Å². The van der Waals surface area contributed by atoms with Crippen molar-refractivity contribution < 1.29 is 34.7 Å². The number of aliphatic hydroxyl groups is 4. The molecule has 0 saturated heterocycles. The maximum Gasteiger partial charge on any atom is 0.338 e. The van der Waals surface area contributed by atoms with Crippen molar-refractivity contribution in [2.24, 2.45) is 5.92 Å². The molecule has 1 heterocycles. The summed E-state index contributed by atoms with van der Waals surface area (Å²) in [4.78, 5) is 12.8. The van der Waals surface area contributed by atoms with E-state index in [9.17, 15) is 25.2 Å². The van der Waals surface area contributed by atoms with Crippen LogP contribution in [0.15, 0.2) is 35.9 Å². The summed E-state index contributed by atoms with van der Waals surface area (Å²) in [6.07, 6.45) is -0.715. The molecular formula is C27H42O7. The first-order chi connectivity index (χ1) is 16.0. The first-order valence-electron chi connectivity index (χ1n) is 12.2. The van der Waals surface area contributed by atoms with Gasteiger partial charge in [-0.1, -0.05) is 57.5 Å². The van der Waals surface area contributed by atoms with Crippen molar-refractivity contribution in [3.05, 3.63) is 47.0 Å². The van der Waals surface area contributed by atoms with Gasteiger partial charge in [-0.25, -0.2) is 4.79 Å². The number of carbonyl (C=O) groups is 1. The monoisotopic (exact) mass is 478 g/mol. The summed E-state index contributed by atoms with van der Waals surface area (Å²) in [5, 5.41) is 42.0. The third kappa shape index (κ3) is 7.36. The van der Waals surface area contributed by atoms with E-state index in [1.54, 1.807) is 7.11 Å². The number of benzene rings is 1. The zero-order valence-electron chi connectivity index (χ0n) is 21.1. The highest BCUT2D eigenvalue weighted by Gasteiger charge is 2.35. The van der Waals surface area contributed by atoms with E-state index in [0.29, 0.717) is 6.42 Å². The van der Waals surface area contributed by atoms with Gasteiger partial charge in [0, 0.05) is 44.3 Å². The fourth-order valence-electron chi connectivity index (χ4n) is 4.49. The lowest BCUT2D eigenvalue weighted by Gasteiger charge is -2.35. The Labute approximate surface area is 203 Å². The van der Waals surface area contributed by atoms with Crippen LogP contribution in [0.2, 0.25) is 0 Å². The van der Waals surface area contributed by atoms with E-state index in [1.807, 2.05) is 58.0 Å². The number of carbonyl (C=O) groups excluding carboxylic acids is 1. The number of hydrogen-bond donors (Lipinski definition) is 4. The van der Waals surface area contributed by atoms with E-state index in [1.165, 1.54) is 0 Å². The highest BCUT2D eigenvalue weighted by atomic mass is 16.6. The lowest BCUT2D eigenvalue weighted by Crippen LogP contribution is -2.41. The van der Waals surface area contributed by atoms with Crippen molar-refractivity contribution in [1.82, 2.24) is 0 Å². The molecule has 1 unspecified atom stereocenters. The van der Waals surface area contributed by atoms with Gasteiger partial charge < -0.3 is 29.9 Å². The van der Waals surface area contributed by atoms with Crippen molar-refractivity contribution >= 4 is 5.97 Å². The van der Waals surface area contributed by atoms with Crippen molar-refractivity contribution in [3.8, 4) is 0 Å². The number of aliphatic hydroxyl groups excluding tert-OH is 4. The SMILES string of the molecule is CCC[C@H](/C=C(/C)C1C[C@@H](OC)C[C@H](O)C(C)(C)c2cccc(c2)C[C@@H](O)[C@H](O)C(=O)O1)CO. The van der Waals surface area contributed by atoms with Crippen molar-refractivity contribution in [3.63, 3.8) is 0 Å². The summed E-state index contributed by atoms with van der Waals surface area (Å²) in [7, 11) is 1.55. The first kappa shape index (κ1) is 28.5. The summed E-state index contributed by atoms with van der Waals surface area (Å²) in [5.41, 5.74) is 1.78. The molecule has 7 nitrogen and oxygen atoms in total. The van der Waals surface area contributed by atoms with Crippen molar-refractivity contribution in [2.45, 2.75) is 95.7 Å². The van der Waals surface area contributed by atoms with E-state index in [-0.39, 0.29) is 25.4 Å². The van der Waals surface area contributed by atoms with Crippen LogP contribution in [0.1, 0.15) is 64.5 Å². The zero-order chi connectivity index (χ0) is 25.5. The zero-order valence-corrected chi connectivity index (χ0v) is 21.1. The molecule has 1 aromatic carbocycles. The van der Waals surface area contributed by atoms with Crippen molar-refractivity contribution in [1.29, 1.82) is 0 Å². The molecule has 4 N–H and O–H groups in total. The molecule has 2 bridgehead atoms. The average molecular weight is 479 g/mol. The van der Waals surface area contributed by atoms with Crippen LogP contribution in [-0.2, 0) is 26.1 Å². The summed E-state index contributed by atoms with van der Waals surface area (Å²) >= 11 is 0. The van der Waals surface area contributed by atoms with Gasteiger partial charge in [0.05, 0.1) is 18.3 Å². The molecule has 1 aliphatic heterocycles. The highest BCUT2D eigenvalue weighted by Crippen LogP contribution is 2.32. The van der Waals surface area contributed by atoms with E-state index < -0.39 is 41.9 Å². The minimum Gasteiger partial charge on any atom is -0.456 e. The quantitative estimate of drug-likeness (QED) is 0.367. The van der Waals surface area contributed by atoms with Gasteiger partial charge in [-0.3, -0.25) is 0 Å². The Balaban J connectivity index is 2.45. The van der Waals surface area contributed by atoms with Crippen LogP contribution in [0, 0.1) is 5.92 Å². The van der Waals surface area contributed by atoms with Gasteiger partial charge in [0.25, 0.3) is 0 Å². The Morgan fingerprint density at radius 1 is 1.26 bits per heavy atom. The molecule has 7 heteroatoms. The minimum atomic E-state index is -1.70. The standard InChI is InChI=1S/C27H42O7/c1-6-8-19(16-28)11-17(2)23-14-21(33-5)15-24(30)27(3,4)20-10-7-9-18(12-20)13-22(29)25(31)26(32)34-23/h7,9-12,19,21-25,28-31H,6,8,13-16H2,1-5H3/b17-11-/t19-,21-,22-,23?,24+,25+/m1/s1. The van der Waals surface area contributed by atoms with Crippen LogP contribution in [0.3, 0.4) is 0 Å². The Bertz CT molecular complexity index is 819. The van der Waals surface area contributed by atoms with E-state index in [4.69, 9.17) is 9.47 Å². The second kappa shape index (κ2) is 12.8. The fourth-order valence-corrected chi connectivity index (χ4v) is 4.49. The molecule has 0 aromatic heterocycles. The topological polar surface area (TPSA) is 116 Å². The second-order valence-corrected chi connectivity index (χ2v) is 10.1. The molecule has 0 fully saturated rings. The molecule has 1 aromatic rings. The molecule has 0 saturated carbocycles. The number of methoxy groups -OCH3 is 1. The Morgan fingerprint density at radius 2 is 1.97 bits per heavy atom. The smallest absolute Gasteiger partial charge is 0.338 e. The maximum absolute atomic E-state index is 12.8. The average Bonchev–Trinajstić information content (AvgIpc) is 2.81. The lowest BCUT2D eigenvalue weighted by molar-refractivity contribution is -0.165. The van der Waals surface area contributed by atoms with E-state index in [0.717, 1.165) is 29.5 Å². The van der Waals surface area contributed by atoms with Crippen LogP contribution in [0.5, 0.6) is 0 Å². The third-order valence-corrected chi connectivity index (χ3v) is 7.01. The summed E-state index contributed by atoms with van der Waals surface area (Å²) in [6, 6.07) is 7.47. The molecule has 2 rings (SSSR count). The third-order valence-electron chi connectivity index (χ3n) is 7.01. The lowest BCUT2D eigenvalue weighted by atomic mass is 9.76. The number of rotatable bonds is 6. The van der Waals surface area contributed by atoms with E-state index >= 15 is 0 Å². The molecule has 34 heavy (non-hydrogen) atoms. The minimum absolute atomic E-state index is 0.0223. The molecule has 0 aliphatic carbocycles. The molecule has 0 amide bonds. The van der Waals surface area contributed by atoms with Gasteiger partial charge >= 0.3 is 5.97 Å². The fraction of sp³-hybridized carbons (Fsp3) is 0.667. The Hall–Kier alpha value is -1.77. The van der Waals surface area contributed by atoms with Gasteiger partial charge in [-0.15, -0.1) is 0 Å². The van der Waals surface area contributed by atoms with Crippen LogP contribution < -0.4 is 0 Å². The van der Waals surface area contributed by atoms with Crippen LogP contribution in [0.25, 0.3) is 0 Å². The van der Waals surface area contributed by atoms with Gasteiger partial charge in [0.15, 0.2) is 6.10 Å². The summed E-state index contributed by atoms with van der Waals surface area (Å²) < 4.78 is 11.3. The van der Waals surface area contributed by atoms with Crippen LogP contribution in [0.4, 0.5) is 0 Å². The maximum atomic E-state index is 12.8. The molecule has 1 aliphatic rings. The number of cyclic esters (lactones) is 1. The molecule has 6 atom stereocenters.